The number of terminal acetylenes is 1. The second kappa shape index (κ2) is 7.04. The minimum atomic E-state index is -0.881. The maximum Gasteiger partial charge on any atom is 0.312 e. The summed E-state index contributed by atoms with van der Waals surface area (Å²) in [5, 5.41) is 0. The molecule has 1 aliphatic rings. The Morgan fingerprint density at radius 1 is 1.26 bits per heavy atom. The van der Waals surface area contributed by atoms with E-state index in [1.54, 1.807) is 0 Å². The van der Waals surface area contributed by atoms with Gasteiger partial charge in [-0.15, -0.1) is 12.3 Å². The molecule has 3 heterocycles. The number of rotatable bonds is 5. The van der Waals surface area contributed by atoms with E-state index in [1.165, 1.54) is 0 Å². The molecule has 0 amide bonds. The Labute approximate surface area is 162 Å². The average molecular weight is 432 g/mol. The van der Waals surface area contributed by atoms with Gasteiger partial charge in [-0.25, -0.2) is 4.98 Å². The van der Waals surface area contributed by atoms with E-state index in [0.29, 0.717) is 54.3 Å². The number of hydrogen-bond acceptors (Lipinski definition) is 6. The Morgan fingerprint density at radius 3 is 2.81 bits per heavy atom. The van der Waals surface area contributed by atoms with E-state index in [4.69, 9.17) is 21.6 Å². The maximum atomic E-state index is 13.7. The lowest BCUT2D eigenvalue weighted by Gasteiger charge is -2.10. The molecule has 0 saturated heterocycles. The minimum Gasteiger partial charge on any atom is -0.454 e. The molecular formula is C18H15BrFN5O2. The summed E-state index contributed by atoms with van der Waals surface area (Å²) < 4.78 is 27.2. The summed E-state index contributed by atoms with van der Waals surface area (Å²) in [5.74, 6) is 4.67. The number of imidazole rings is 1. The van der Waals surface area contributed by atoms with E-state index >= 15 is 0 Å². The monoisotopic (exact) mass is 431 g/mol. The molecular weight excluding hydrogens is 417 g/mol. The van der Waals surface area contributed by atoms with Gasteiger partial charge in [0.25, 0.3) is 0 Å². The largest absolute Gasteiger partial charge is 0.454 e. The zero-order valence-corrected chi connectivity index (χ0v) is 15.8. The van der Waals surface area contributed by atoms with Crippen LogP contribution in [0.2, 0.25) is 0 Å². The van der Waals surface area contributed by atoms with Crippen LogP contribution in [0.4, 0.5) is 10.2 Å². The average Bonchev–Trinajstić information content (AvgIpc) is 3.20. The van der Waals surface area contributed by atoms with Gasteiger partial charge < -0.3 is 19.8 Å². The summed E-state index contributed by atoms with van der Waals surface area (Å²) in [6.45, 7) is 0.745. The second-order valence-corrected chi connectivity index (χ2v) is 6.87. The third-order valence-corrected chi connectivity index (χ3v) is 5.00. The van der Waals surface area contributed by atoms with Crippen LogP contribution in [0, 0.1) is 18.4 Å². The lowest BCUT2D eigenvalue weighted by Crippen LogP contribution is -2.07. The molecule has 0 bridgehead atoms. The quantitative estimate of drug-likeness (QED) is 0.379. The summed E-state index contributed by atoms with van der Waals surface area (Å²) >= 11 is 3.55. The Morgan fingerprint density at radius 2 is 2.04 bits per heavy atom. The highest BCUT2D eigenvalue weighted by molar-refractivity contribution is 9.10. The Kier molecular flexibility index (Phi) is 4.58. The number of unbranched alkanes of at least 4 members (excludes halogenated alkanes) is 1. The molecule has 7 nitrogen and oxygen atoms in total. The van der Waals surface area contributed by atoms with Gasteiger partial charge in [0.1, 0.15) is 5.82 Å². The molecule has 0 radical (unpaired) electrons. The van der Waals surface area contributed by atoms with E-state index in [2.05, 4.69) is 36.8 Å². The second-order valence-electron chi connectivity index (χ2n) is 6.01. The number of ether oxygens (including phenoxy) is 2. The van der Waals surface area contributed by atoms with Crippen molar-refractivity contribution in [2.45, 2.75) is 25.8 Å². The lowest BCUT2D eigenvalue weighted by atomic mass is 10.1. The third kappa shape index (κ3) is 3.28. The van der Waals surface area contributed by atoms with E-state index in [9.17, 15) is 4.39 Å². The summed E-state index contributed by atoms with van der Waals surface area (Å²) in [5.41, 5.74) is 7.53. The molecule has 3 aromatic rings. The first-order valence-corrected chi connectivity index (χ1v) is 9.05. The van der Waals surface area contributed by atoms with Crippen LogP contribution >= 0.6 is 15.9 Å². The molecule has 9 heteroatoms. The van der Waals surface area contributed by atoms with Crippen LogP contribution in [-0.4, -0.2) is 26.3 Å². The van der Waals surface area contributed by atoms with Gasteiger partial charge in [0.05, 0.1) is 0 Å². The van der Waals surface area contributed by atoms with Gasteiger partial charge in [-0.2, -0.15) is 14.4 Å². The molecule has 0 atom stereocenters. The van der Waals surface area contributed by atoms with E-state index in [-0.39, 0.29) is 12.6 Å². The van der Waals surface area contributed by atoms with E-state index < -0.39 is 6.08 Å². The molecule has 0 spiro atoms. The molecule has 138 valence electrons. The van der Waals surface area contributed by atoms with Crippen LogP contribution in [0.25, 0.3) is 11.2 Å². The zero-order chi connectivity index (χ0) is 19.0. The van der Waals surface area contributed by atoms with Crippen LogP contribution < -0.4 is 15.2 Å². The first-order valence-electron chi connectivity index (χ1n) is 8.26. The fourth-order valence-electron chi connectivity index (χ4n) is 3.01. The topological polar surface area (TPSA) is 88.1 Å². The molecule has 1 aliphatic heterocycles. The number of nitrogens with two attached hydrogens (primary N) is 1. The fourth-order valence-corrected chi connectivity index (χ4v) is 3.48. The number of fused-ring (bicyclic) bond motifs is 2. The van der Waals surface area contributed by atoms with E-state index in [0.717, 1.165) is 10.0 Å². The predicted molar refractivity (Wildman–Crippen MR) is 101 cm³/mol. The molecule has 27 heavy (non-hydrogen) atoms. The zero-order valence-electron chi connectivity index (χ0n) is 14.2. The van der Waals surface area contributed by atoms with Gasteiger partial charge in [-0.1, -0.05) is 15.9 Å². The fraction of sp³-hybridized carbons (Fsp3) is 0.278. The van der Waals surface area contributed by atoms with Crippen molar-refractivity contribution >= 4 is 32.9 Å². The number of aromatic nitrogens is 4. The highest BCUT2D eigenvalue weighted by Gasteiger charge is 2.20. The molecule has 0 unspecified atom stereocenters. The Hall–Kier alpha value is -2.86. The van der Waals surface area contributed by atoms with Crippen LogP contribution in [0.1, 0.15) is 24.2 Å². The van der Waals surface area contributed by atoms with Crippen molar-refractivity contribution in [3.63, 3.8) is 0 Å². The van der Waals surface area contributed by atoms with Crippen molar-refractivity contribution in [1.82, 2.24) is 19.5 Å². The van der Waals surface area contributed by atoms with Crippen molar-refractivity contribution in [2.75, 3.05) is 12.5 Å². The number of benzene rings is 1. The summed E-state index contributed by atoms with van der Waals surface area (Å²) in [4.78, 5) is 12.0. The lowest BCUT2D eigenvalue weighted by molar-refractivity contribution is 0.174. The summed E-state index contributed by atoms with van der Waals surface area (Å²) in [7, 11) is 0. The first-order chi connectivity index (χ1) is 13.1. The highest BCUT2D eigenvalue weighted by atomic mass is 79.9. The van der Waals surface area contributed by atoms with Gasteiger partial charge in [0.15, 0.2) is 28.5 Å². The van der Waals surface area contributed by atoms with Gasteiger partial charge in [-0.05, 0) is 24.1 Å². The minimum absolute atomic E-state index is 0.0132. The van der Waals surface area contributed by atoms with Crippen molar-refractivity contribution in [2.24, 2.45) is 0 Å². The molecule has 0 fully saturated rings. The summed E-state index contributed by atoms with van der Waals surface area (Å²) in [6, 6.07) is 3.75. The molecule has 0 saturated carbocycles. The van der Waals surface area contributed by atoms with Crippen molar-refractivity contribution in [3.8, 4) is 23.8 Å². The molecule has 2 N–H and O–H groups in total. The van der Waals surface area contributed by atoms with Crippen molar-refractivity contribution in [1.29, 1.82) is 0 Å². The smallest absolute Gasteiger partial charge is 0.312 e. The Bertz CT molecular complexity index is 1080. The van der Waals surface area contributed by atoms with Crippen molar-refractivity contribution < 1.29 is 13.9 Å². The maximum absolute atomic E-state index is 13.7. The van der Waals surface area contributed by atoms with Gasteiger partial charge in [0.2, 0.25) is 6.79 Å². The molecule has 1 aromatic carbocycles. The van der Waals surface area contributed by atoms with Crippen LogP contribution in [0.3, 0.4) is 0 Å². The molecule has 0 aliphatic carbocycles. The predicted octanol–water partition coefficient (Wildman–Crippen LogP) is 3.04. The standard InChI is InChI=1S/C18H15BrFN5O2/c1-2-3-4-5-25-14(22-15-16(21)23-18(20)24-17(15)25)7-10-6-12-13(8-11(10)19)27-9-26-12/h1,6,8H,3-5,7,9H2,(H2,21,23,24). The number of halogens is 2. The van der Waals surface area contributed by atoms with Crippen LogP contribution in [-0.2, 0) is 13.0 Å². The highest BCUT2D eigenvalue weighted by Crippen LogP contribution is 2.37. The van der Waals surface area contributed by atoms with Crippen LogP contribution in [0.5, 0.6) is 11.5 Å². The number of hydrogen-bond donors (Lipinski definition) is 1. The number of nitrogen functional groups attached to an aromatic ring is 1. The summed E-state index contributed by atoms with van der Waals surface area (Å²) in [6.07, 6.45) is 6.24. The van der Waals surface area contributed by atoms with Gasteiger partial charge in [-0.3, -0.25) is 0 Å². The number of aryl methyl sites for hydroxylation is 1. The van der Waals surface area contributed by atoms with Gasteiger partial charge >= 0.3 is 6.08 Å². The van der Waals surface area contributed by atoms with Crippen molar-refractivity contribution in [3.05, 3.63) is 34.1 Å². The normalized spacial score (nSPS) is 12.5. The number of nitrogens with zero attached hydrogens (tertiary/aromatic N) is 4. The van der Waals surface area contributed by atoms with E-state index in [1.807, 2.05) is 16.7 Å². The SMILES string of the molecule is C#CCCCn1c(Cc2cc3c(cc2Br)OCO3)nc2c(N)nc(F)nc21. The first kappa shape index (κ1) is 17.5. The third-order valence-electron chi connectivity index (χ3n) is 4.27. The van der Waals surface area contributed by atoms with Gasteiger partial charge in [0, 0.05) is 23.9 Å². The Balaban J connectivity index is 1.77. The van der Waals surface area contributed by atoms with Crippen LogP contribution in [0.15, 0.2) is 16.6 Å². The number of anilines is 1. The molecule has 2 aromatic heterocycles. The molecule has 4 rings (SSSR count).